The Kier molecular flexibility index (Phi) is 10.3. The molecule has 0 aliphatic heterocycles. The molecule has 0 spiro atoms. The van der Waals surface area contributed by atoms with Crippen LogP contribution in [0.4, 0.5) is 0 Å². The Morgan fingerprint density at radius 2 is 1.42 bits per heavy atom. The minimum absolute atomic E-state index is 0. The predicted octanol–water partition coefficient (Wildman–Crippen LogP) is -0.619. The van der Waals surface area contributed by atoms with Crippen molar-refractivity contribution in [1.82, 2.24) is 0 Å². The van der Waals surface area contributed by atoms with Crippen LogP contribution in [0.15, 0.2) is 54.6 Å². The molecule has 1 N–H and O–H groups in total. The molecule has 0 heterocycles. The quantitative estimate of drug-likeness (QED) is 0.297. The van der Waals surface area contributed by atoms with Crippen LogP contribution in [0.5, 0.6) is 5.75 Å². The molecule has 1 aliphatic rings. The van der Waals surface area contributed by atoms with Gasteiger partial charge in [0, 0.05) is 0 Å². The normalized spacial score (nSPS) is 9.96. The summed E-state index contributed by atoms with van der Waals surface area (Å²) in [6, 6.07) is 22.1. The summed E-state index contributed by atoms with van der Waals surface area (Å²) in [5.41, 5.74) is 8.62. The molecule has 0 fully saturated rings. The predicted molar refractivity (Wildman–Crippen MR) is 95.8 cm³/mol. The van der Waals surface area contributed by atoms with Crippen molar-refractivity contribution in [3.63, 3.8) is 0 Å². The molecule has 0 saturated heterocycles. The van der Waals surface area contributed by atoms with Crippen molar-refractivity contribution in [3.05, 3.63) is 88.5 Å². The second-order valence-electron chi connectivity index (χ2n) is 6.14. The van der Waals surface area contributed by atoms with E-state index in [4.69, 9.17) is 0 Å². The Morgan fingerprint density at radius 1 is 0.846 bits per heavy atom. The minimum atomic E-state index is 0. The molecule has 4 heteroatoms. The summed E-state index contributed by atoms with van der Waals surface area (Å²) in [6.45, 7) is 5.85. The summed E-state index contributed by atoms with van der Waals surface area (Å²) in [7, 11) is 0. The van der Waals surface area contributed by atoms with Crippen LogP contribution in [0.2, 0.25) is 0 Å². The number of aryl methyl sites for hydroxylation is 3. The summed E-state index contributed by atoms with van der Waals surface area (Å²) in [4.78, 5) is 0. The van der Waals surface area contributed by atoms with Gasteiger partial charge in [-0.2, -0.15) is 29.8 Å². The van der Waals surface area contributed by atoms with Crippen LogP contribution < -0.4 is 24.8 Å². The maximum Gasteiger partial charge on any atom is 3.00 e. The summed E-state index contributed by atoms with van der Waals surface area (Å²) < 4.78 is 0. The molecule has 4 rings (SSSR count). The van der Waals surface area contributed by atoms with E-state index in [1.54, 1.807) is 0 Å². The molecule has 0 bridgehead atoms. The van der Waals surface area contributed by atoms with Crippen LogP contribution in [0.25, 0.3) is 11.1 Å². The van der Waals surface area contributed by atoms with Crippen LogP contribution >= 0.6 is 0 Å². The van der Waals surface area contributed by atoms with E-state index < -0.39 is 0 Å². The van der Waals surface area contributed by atoms with Crippen LogP contribution in [0.3, 0.4) is 0 Å². The number of fused-ring (bicyclic) bond motifs is 3. The molecule has 1 aliphatic carbocycles. The molecule has 3 aromatic carbocycles. The van der Waals surface area contributed by atoms with Crippen molar-refractivity contribution in [2.24, 2.45) is 0 Å². The van der Waals surface area contributed by atoms with E-state index in [0.29, 0.717) is 5.75 Å². The molecular formula is C22H21Cl2OTi. The van der Waals surface area contributed by atoms with Gasteiger partial charge in [-0.1, -0.05) is 53.1 Å². The third kappa shape index (κ3) is 5.38. The molecule has 1 radical (unpaired) electrons. The maximum absolute atomic E-state index is 9.33. The molecule has 1 nitrogen and oxygen atoms in total. The first-order valence-electron chi connectivity index (χ1n) is 7.91. The number of aromatic hydroxyl groups is 1. The number of halogens is 2. The van der Waals surface area contributed by atoms with Crippen LogP contribution in [0, 0.1) is 26.8 Å². The molecular weight excluding hydrogens is 399 g/mol. The number of phenolic OH excluding ortho intramolecular Hbond substituents is 1. The molecule has 133 valence electrons. The van der Waals surface area contributed by atoms with Gasteiger partial charge in [-0.25, -0.2) is 0 Å². The molecule has 0 unspecified atom stereocenters. The van der Waals surface area contributed by atoms with Crippen molar-refractivity contribution >= 4 is 0 Å². The zero-order valence-electron chi connectivity index (χ0n) is 15.1. The van der Waals surface area contributed by atoms with Crippen molar-refractivity contribution < 1.29 is 51.6 Å². The summed E-state index contributed by atoms with van der Waals surface area (Å²) in [5.74, 6) is 0.422. The minimum Gasteiger partial charge on any atom is -1.00 e. The largest absolute Gasteiger partial charge is 3.00 e. The zero-order valence-corrected chi connectivity index (χ0v) is 18.2. The van der Waals surface area contributed by atoms with Gasteiger partial charge in [-0.15, -0.1) is 5.56 Å². The van der Waals surface area contributed by atoms with Crippen molar-refractivity contribution in [2.45, 2.75) is 27.2 Å². The second-order valence-corrected chi connectivity index (χ2v) is 6.14. The van der Waals surface area contributed by atoms with Crippen molar-refractivity contribution in [3.8, 4) is 16.9 Å². The van der Waals surface area contributed by atoms with Crippen molar-refractivity contribution in [1.29, 1.82) is 0 Å². The number of rotatable bonds is 0. The van der Waals surface area contributed by atoms with Gasteiger partial charge in [-0.3, -0.25) is 0 Å². The van der Waals surface area contributed by atoms with Crippen LogP contribution in [-0.2, 0) is 28.1 Å². The average Bonchev–Trinajstić information content (AvgIpc) is 2.92. The Morgan fingerprint density at radius 3 is 2.08 bits per heavy atom. The first-order chi connectivity index (χ1) is 11.1. The van der Waals surface area contributed by atoms with E-state index in [1.807, 2.05) is 39.0 Å². The zero-order chi connectivity index (χ0) is 16.4. The van der Waals surface area contributed by atoms with Gasteiger partial charge in [0.25, 0.3) is 0 Å². The third-order valence-electron chi connectivity index (χ3n) is 4.25. The Bertz CT molecular complexity index is 796. The van der Waals surface area contributed by atoms with E-state index in [9.17, 15) is 5.11 Å². The molecule has 0 amide bonds. The van der Waals surface area contributed by atoms with Gasteiger partial charge >= 0.3 is 21.7 Å². The molecule has 0 aromatic heterocycles. The van der Waals surface area contributed by atoms with Gasteiger partial charge in [0.1, 0.15) is 5.75 Å². The Balaban J connectivity index is 0.000000445. The molecule has 0 atom stereocenters. The topological polar surface area (TPSA) is 20.2 Å². The monoisotopic (exact) mass is 419 g/mol. The van der Waals surface area contributed by atoms with Crippen molar-refractivity contribution in [2.75, 3.05) is 0 Å². The van der Waals surface area contributed by atoms with Gasteiger partial charge in [0.2, 0.25) is 0 Å². The van der Waals surface area contributed by atoms with Gasteiger partial charge in [0.15, 0.2) is 0 Å². The average molecular weight is 420 g/mol. The van der Waals surface area contributed by atoms with E-state index in [0.717, 1.165) is 17.5 Å². The van der Waals surface area contributed by atoms with Gasteiger partial charge in [0.05, 0.1) is 0 Å². The Hall–Kier alpha value is -1.25. The maximum atomic E-state index is 9.33. The molecule has 0 saturated carbocycles. The fourth-order valence-corrected chi connectivity index (χ4v) is 3.17. The van der Waals surface area contributed by atoms with Gasteiger partial charge in [-0.05, 0) is 38.3 Å². The molecule has 3 aromatic rings. The van der Waals surface area contributed by atoms with Gasteiger partial charge < -0.3 is 29.9 Å². The van der Waals surface area contributed by atoms with E-state index in [2.05, 4.69) is 42.5 Å². The number of hydrogen-bond donors (Lipinski definition) is 1. The first kappa shape index (κ1) is 24.8. The number of phenols is 1. The summed E-state index contributed by atoms with van der Waals surface area (Å²) >= 11 is 0. The molecule has 26 heavy (non-hydrogen) atoms. The van der Waals surface area contributed by atoms with Crippen LogP contribution in [0.1, 0.15) is 27.8 Å². The smallest absolute Gasteiger partial charge is 1.00 e. The van der Waals surface area contributed by atoms with E-state index in [-0.39, 0.29) is 46.5 Å². The van der Waals surface area contributed by atoms with E-state index in [1.165, 1.54) is 27.8 Å². The number of hydrogen-bond acceptors (Lipinski definition) is 1. The van der Waals surface area contributed by atoms with E-state index >= 15 is 0 Å². The summed E-state index contributed by atoms with van der Waals surface area (Å²) in [5, 5.41) is 9.33. The number of benzene rings is 3. The fourth-order valence-electron chi connectivity index (χ4n) is 3.17. The standard InChI is InChI=1S/C13H9.C9H12O.2ClH.Ti/c1-3-7-12-10(5-1)9-11-6-2-4-8-13(11)12;1-6-4-7(2)9(10)8(3)5-6;;;/h1-5,7-8H,9H2;4-5,10H,1-3H3;2*1H;/q-1;;;;+3/p-2. The Labute approximate surface area is 183 Å². The first-order valence-corrected chi connectivity index (χ1v) is 7.91. The second kappa shape index (κ2) is 10.8. The fraction of sp³-hybridized carbons (Fsp3) is 0.182. The SMILES string of the molecule is Cc1cc(C)c(O)c(C)c1.[Cl-].[Cl-].[Ti+3].[c-]1cccc2c1Cc1ccccc1-2. The summed E-state index contributed by atoms with van der Waals surface area (Å²) in [6.07, 6.45) is 1.05. The van der Waals surface area contributed by atoms with Crippen LogP contribution in [-0.4, -0.2) is 5.11 Å². The third-order valence-corrected chi connectivity index (χ3v) is 4.25.